The molecule has 0 unspecified atom stereocenters. The molecule has 0 saturated carbocycles. The zero-order chi connectivity index (χ0) is 13.4. The molecular formula is C15H10FNO2. The minimum absolute atomic E-state index is 0.170. The lowest BCUT2D eigenvalue weighted by atomic mass is 9.94. The summed E-state index contributed by atoms with van der Waals surface area (Å²) in [6, 6.07) is 10.6. The van der Waals surface area contributed by atoms with E-state index < -0.39 is 5.82 Å². The Labute approximate surface area is 109 Å². The number of ether oxygens (including phenoxy) is 1. The zero-order valence-electron chi connectivity index (χ0n) is 9.98. The maximum atomic E-state index is 14.1. The summed E-state index contributed by atoms with van der Waals surface area (Å²) in [7, 11) is 0. The van der Waals surface area contributed by atoms with Gasteiger partial charge in [-0.3, -0.25) is 0 Å². The average molecular weight is 255 g/mol. The number of benzene rings is 2. The Hall–Kier alpha value is -2.38. The molecule has 0 aliphatic carbocycles. The van der Waals surface area contributed by atoms with Crippen LogP contribution in [0.4, 0.5) is 4.39 Å². The van der Waals surface area contributed by atoms with Gasteiger partial charge in [-0.15, -0.1) is 0 Å². The molecule has 3 rings (SSSR count). The van der Waals surface area contributed by atoms with Gasteiger partial charge in [0.05, 0.1) is 18.2 Å². The molecule has 1 aliphatic heterocycles. The van der Waals surface area contributed by atoms with Crippen LogP contribution in [0.3, 0.4) is 0 Å². The van der Waals surface area contributed by atoms with Crippen LogP contribution in [0.1, 0.15) is 16.7 Å². The second kappa shape index (κ2) is 4.38. The second-order valence-corrected chi connectivity index (χ2v) is 4.35. The topological polar surface area (TPSA) is 53.2 Å². The number of hydrogen-bond acceptors (Lipinski definition) is 3. The quantitative estimate of drug-likeness (QED) is 0.852. The summed E-state index contributed by atoms with van der Waals surface area (Å²) < 4.78 is 19.5. The number of aliphatic hydroxyl groups excluding tert-OH is 1. The van der Waals surface area contributed by atoms with Crippen molar-refractivity contribution in [3.8, 4) is 22.9 Å². The lowest BCUT2D eigenvalue weighted by Crippen LogP contribution is -2.08. The van der Waals surface area contributed by atoms with E-state index in [1.807, 2.05) is 0 Å². The summed E-state index contributed by atoms with van der Waals surface area (Å²) in [6.07, 6.45) is 0. The maximum Gasteiger partial charge on any atom is 0.171 e. The van der Waals surface area contributed by atoms with Gasteiger partial charge in [0.25, 0.3) is 0 Å². The molecular weight excluding hydrogens is 245 g/mol. The van der Waals surface area contributed by atoms with Crippen LogP contribution >= 0.6 is 0 Å². The molecule has 0 aromatic heterocycles. The van der Waals surface area contributed by atoms with Crippen molar-refractivity contribution in [2.45, 2.75) is 13.2 Å². The molecule has 4 heteroatoms. The second-order valence-electron chi connectivity index (χ2n) is 4.35. The number of hydrogen-bond donors (Lipinski definition) is 1. The normalized spacial score (nSPS) is 12.1. The predicted octanol–water partition coefficient (Wildman–Crippen LogP) is 2.75. The summed E-state index contributed by atoms with van der Waals surface area (Å²) in [5.41, 5.74) is 3.15. The molecule has 1 aliphatic rings. The fourth-order valence-electron chi connectivity index (χ4n) is 2.27. The van der Waals surface area contributed by atoms with E-state index in [9.17, 15) is 4.39 Å². The summed E-state index contributed by atoms with van der Waals surface area (Å²) in [5.74, 6) is -0.348. The highest BCUT2D eigenvalue weighted by atomic mass is 19.1. The summed E-state index contributed by atoms with van der Waals surface area (Å²) in [4.78, 5) is 0. The van der Waals surface area contributed by atoms with Gasteiger partial charge in [-0.25, -0.2) is 4.39 Å². The SMILES string of the molecule is N#Cc1ccc2c(c1)COc1c-2ccc(CO)c1F. The third-order valence-electron chi connectivity index (χ3n) is 3.24. The molecule has 0 fully saturated rings. The Kier molecular flexibility index (Phi) is 2.69. The lowest BCUT2D eigenvalue weighted by Gasteiger charge is -2.22. The molecule has 2 aromatic rings. The molecule has 2 aromatic carbocycles. The molecule has 19 heavy (non-hydrogen) atoms. The summed E-state index contributed by atoms with van der Waals surface area (Å²) in [5, 5.41) is 17.9. The van der Waals surface area contributed by atoms with Crippen LogP contribution in [0.15, 0.2) is 30.3 Å². The Morgan fingerprint density at radius 3 is 2.79 bits per heavy atom. The monoisotopic (exact) mass is 255 g/mol. The standard InChI is InChI=1S/C15H10FNO2/c16-14-10(7-18)2-4-13-12-3-1-9(6-17)5-11(12)8-19-15(13)14/h1-5,18H,7-8H2. The van der Waals surface area contributed by atoms with Crippen molar-refractivity contribution in [3.63, 3.8) is 0 Å². The Bertz CT molecular complexity index is 704. The summed E-state index contributed by atoms with van der Waals surface area (Å²) >= 11 is 0. The zero-order valence-corrected chi connectivity index (χ0v) is 9.98. The first kappa shape index (κ1) is 11.7. The van der Waals surface area contributed by atoms with Crippen molar-refractivity contribution in [2.75, 3.05) is 0 Å². The third-order valence-corrected chi connectivity index (χ3v) is 3.24. The first-order valence-corrected chi connectivity index (χ1v) is 5.83. The largest absolute Gasteiger partial charge is 0.485 e. The van der Waals surface area contributed by atoms with Crippen molar-refractivity contribution in [3.05, 3.63) is 52.8 Å². The van der Waals surface area contributed by atoms with E-state index in [0.717, 1.165) is 11.1 Å². The van der Waals surface area contributed by atoms with Crippen molar-refractivity contribution < 1.29 is 14.2 Å². The van der Waals surface area contributed by atoms with Gasteiger partial charge in [-0.2, -0.15) is 5.26 Å². The van der Waals surface area contributed by atoms with E-state index in [-0.39, 0.29) is 24.5 Å². The van der Waals surface area contributed by atoms with Crippen molar-refractivity contribution in [2.24, 2.45) is 0 Å². The van der Waals surface area contributed by atoms with Crippen molar-refractivity contribution >= 4 is 0 Å². The minimum Gasteiger partial charge on any atom is -0.485 e. The van der Waals surface area contributed by atoms with Gasteiger partial charge in [0.2, 0.25) is 0 Å². The van der Waals surface area contributed by atoms with Gasteiger partial charge in [0, 0.05) is 11.1 Å². The van der Waals surface area contributed by atoms with Crippen LogP contribution in [-0.2, 0) is 13.2 Å². The molecule has 0 amide bonds. The fourth-order valence-corrected chi connectivity index (χ4v) is 2.27. The molecule has 3 nitrogen and oxygen atoms in total. The van der Waals surface area contributed by atoms with E-state index >= 15 is 0 Å². The Balaban J connectivity index is 2.20. The fraction of sp³-hybridized carbons (Fsp3) is 0.133. The van der Waals surface area contributed by atoms with Gasteiger partial charge in [0.15, 0.2) is 11.6 Å². The van der Waals surface area contributed by atoms with Gasteiger partial charge in [-0.1, -0.05) is 18.2 Å². The highest BCUT2D eigenvalue weighted by Crippen LogP contribution is 2.40. The Morgan fingerprint density at radius 1 is 1.26 bits per heavy atom. The van der Waals surface area contributed by atoms with Gasteiger partial charge in [0.1, 0.15) is 6.61 Å². The first-order valence-electron chi connectivity index (χ1n) is 5.83. The molecule has 1 heterocycles. The molecule has 1 N–H and O–H groups in total. The van der Waals surface area contributed by atoms with E-state index in [1.165, 1.54) is 0 Å². The molecule has 0 radical (unpaired) electrons. The number of nitriles is 1. The number of halogens is 1. The lowest BCUT2D eigenvalue weighted by molar-refractivity contribution is 0.262. The van der Waals surface area contributed by atoms with Gasteiger partial charge < -0.3 is 9.84 Å². The van der Waals surface area contributed by atoms with Crippen LogP contribution < -0.4 is 4.74 Å². The van der Waals surface area contributed by atoms with Crippen LogP contribution in [0.2, 0.25) is 0 Å². The van der Waals surface area contributed by atoms with Crippen LogP contribution in [-0.4, -0.2) is 5.11 Å². The number of aliphatic hydroxyl groups is 1. The number of rotatable bonds is 1. The average Bonchev–Trinajstić information content (AvgIpc) is 2.46. The number of nitrogens with zero attached hydrogens (tertiary/aromatic N) is 1. The molecule has 0 spiro atoms. The van der Waals surface area contributed by atoms with E-state index in [2.05, 4.69) is 6.07 Å². The van der Waals surface area contributed by atoms with Gasteiger partial charge in [-0.05, 0) is 23.3 Å². The highest BCUT2D eigenvalue weighted by Gasteiger charge is 2.22. The van der Waals surface area contributed by atoms with E-state index in [4.69, 9.17) is 15.1 Å². The first-order chi connectivity index (χ1) is 9.24. The van der Waals surface area contributed by atoms with Crippen LogP contribution in [0.25, 0.3) is 11.1 Å². The molecule has 0 atom stereocenters. The highest BCUT2D eigenvalue weighted by molar-refractivity contribution is 5.76. The summed E-state index contributed by atoms with van der Waals surface area (Å²) in [6.45, 7) is -0.133. The van der Waals surface area contributed by atoms with Crippen LogP contribution in [0, 0.1) is 17.1 Å². The minimum atomic E-state index is -0.519. The van der Waals surface area contributed by atoms with Crippen LogP contribution in [0.5, 0.6) is 5.75 Å². The molecule has 0 saturated heterocycles. The molecule has 94 valence electrons. The smallest absolute Gasteiger partial charge is 0.171 e. The van der Waals surface area contributed by atoms with Crippen molar-refractivity contribution in [1.29, 1.82) is 5.26 Å². The maximum absolute atomic E-state index is 14.1. The third kappa shape index (κ3) is 1.76. The van der Waals surface area contributed by atoms with E-state index in [1.54, 1.807) is 30.3 Å². The van der Waals surface area contributed by atoms with E-state index in [0.29, 0.717) is 11.1 Å². The Morgan fingerprint density at radius 2 is 2.05 bits per heavy atom. The van der Waals surface area contributed by atoms with Crippen molar-refractivity contribution in [1.82, 2.24) is 0 Å². The number of fused-ring (bicyclic) bond motifs is 3. The van der Waals surface area contributed by atoms with Gasteiger partial charge >= 0.3 is 0 Å². The predicted molar refractivity (Wildman–Crippen MR) is 66.8 cm³/mol. The molecule has 0 bridgehead atoms.